The Morgan fingerprint density at radius 1 is 0.958 bits per heavy atom. The summed E-state index contributed by atoms with van der Waals surface area (Å²) < 4.78 is 5.15. The molecule has 1 fully saturated rings. The van der Waals surface area contributed by atoms with Crippen LogP contribution in [0.25, 0.3) is 0 Å². The van der Waals surface area contributed by atoms with E-state index in [-0.39, 0.29) is 5.91 Å². The predicted octanol–water partition coefficient (Wildman–Crippen LogP) is 3.27. The highest BCUT2D eigenvalue weighted by Crippen LogP contribution is 2.24. The second kappa shape index (κ2) is 6.95. The van der Waals surface area contributed by atoms with Gasteiger partial charge in [-0.15, -0.1) is 0 Å². The molecule has 4 nitrogen and oxygen atoms in total. The van der Waals surface area contributed by atoms with Gasteiger partial charge in [-0.25, -0.2) is 0 Å². The van der Waals surface area contributed by atoms with E-state index in [1.54, 1.807) is 7.11 Å². The van der Waals surface area contributed by atoms with Crippen LogP contribution in [0, 0.1) is 13.8 Å². The van der Waals surface area contributed by atoms with Crippen LogP contribution in [0.5, 0.6) is 5.75 Å². The Hall–Kier alpha value is -2.49. The van der Waals surface area contributed by atoms with Crippen LogP contribution in [0.2, 0.25) is 0 Å². The van der Waals surface area contributed by atoms with E-state index in [2.05, 4.69) is 36.9 Å². The number of benzene rings is 2. The van der Waals surface area contributed by atoms with Crippen LogP contribution in [0.3, 0.4) is 0 Å². The fraction of sp³-hybridized carbons (Fsp3) is 0.350. The Labute approximate surface area is 143 Å². The molecule has 2 aromatic rings. The third kappa shape index (κ3) is 3.23. The van der Waals surface area contributed by atoms with Gasteiger partial charge in [-0.1, -0.05) is 12.1 Å². The quantitative estimate of drug-likeness (QED) is 0.869. The highest BCUT2D eigenvalue weighted by molar-refractivity contribution is 5.94. The summed E-state index contributed by atoms with van der Waals surface area (Å²) in [5.41, 5.74) is 4.64. The Kier molecular flexibility index (Phi) is 4.74. The number of piperazine rings is 1. The molecule has 24 heavy (non-hydrogen) atoms. The number of aryl methyl sites for hydroxylation is 1. The van der Waals surface area contributed by atoms with Crippen molar-refractivity contribution in [1.82, 2.24) is 4.90 Å². The number of carbonyl (C=O) groups excluding carboxylic acids is 1. The third-order valence-electron chi connectivity index (χ3n) is 4.82. The summed E-state index contributed by atoms with van der Waals surface area (Å²) in [6, 6.07) is 13.7. The van der Waals surface area contributed by atoms with Gasteiger partial charge in [0.05, 0.1) is 7.11 Å². The second-order valence-corrected chi connectivity index (χ2v) is 6.23. The monoisotopic (exact) mass is 324 g/mol. The van der Waals surface area contributed by atoms with Crippen LogP contribution in [-0.4, -0.2) is 44.1 Å². The molecule has 0 bridgehead atoms. The molecule has 0 saturated carbocycles. The van der Waals surface area contributed by atoms with Crippen molar-refractivity contribution in [3.63, 3.8) is 0 Å². The summed E-state index contributed by atoms with van der Waals surface area (Å²) in [5.74, 6) is 0.865. The highest BCUT2D eigenvalue weighted by atomic mass is 16.5. The molecule has 0 aromatic heterocycles. The van der Waals surface area contributed by atoms with Crippen LogP contribution in [0.15, 0.2) is 42.5 Å². The zero-order valence-corrected chi connectivity index (χ0v) is 14.6. The fourth-order valence-electron chi connectivity index (χ4n) is 3.14. The minimum Gasteiger partial charge on any atom is -0.497 e. The van der Waals surface area contributed by atoms with Gasteiger partial charge in [-0.2, -0.15) is 0 Å². The molecule has 0 N–H and O–H groups in total. The van der Waals surface area contributed by atoms with Gasteiger partial charge < -0.3 is 14.5 Å². The Morgan fingerprint density at radius 3 is 2.25 bits per heavy atom. The number of nitrogens with zero attached hydrogens (tertiary/aromatic N) is 2. The van der Waals surface area contributed by atoms with Crippen molar-refractivity contribution in [2.75, 3.05) is 38.2 Å². The lowest BCUT2D eigenvalue weighted by Gasteiger charge is -2.37. The van der Waals surface area contributed by atoms with Crippen LogP contribution < -0.4 is 9.64 Å². The van der Waals surface area contributed by atoms with Crippen molar-refractivity contribution in [3.05, 3.63) is 59.2 Å². The molecule has 1 saturated heterocycles. The van der Waals surface area contributed by atoms with Crippen molar-refractivity contribution in [2.45, 2.75) is 13.8 Å². The average Bonchev–Trinajstić information content (AvgIpc) is 2.64. The lowest BCUT2D eigenvalue weighted by molar-refractivity contribution is 0.0746. The summed E-state index contributed by atoms with van der Waals surface area (Å²) in [5, 5.41) is 0. The summed E-state index contributed by atoms with van der Waals surface area (Å²) >= 11 is 0. The topological polar surface area (TPSA) is 32.8 Å². The maximum absolute atomic E-state index is 12.6. The molecule has 4 heteroatoms. The summed E-state index contributed by atoms with van der Waals surface area (Å²) in [6.07, 6.45) is 0. The number of amides is 1. The smallest absolute Gasteiger partial charge is 0.253 e. The lowest BCUT2D eigenvalue weighted by Crippen LogP contribution is -2.49. The number of hydrogen-bond acceptors (Lipinski definition) is 3. The van der Waals surface area contributed by atoms with Gasteiger partial charge in [0.2, 0.25) is 0 Å². The van der Waals surface area contributed by atoms with E-state index in [1.807, 2.05) is 29.2 Å². The maximum atomic E-state index is 12.6. The second-order valence-electron chi connectivity index (χ2n) is 6.23. The van der Waals surface area contributed by atoms with E-state index < -0.39 is 0 Å². The van der Waals surface area contributed by atoms with Crippen molar-refractivity contribution in [2.24, 2.45) is 0 Å². The van der Waals surface area contributed by atoms with E-state index in [0.717, 1.165) is 37.5 Å². The maximum Gasteiger partial charge on any atom is 0.253 e. The average molecular weight is 324 g/mol. The van der Waals surface area contributed by atoms with Gasteiger partial charge in [0, 0.05) is 37.4 Å². The van der Waals surface area contributed by atoms with E-state index in [0.29, 0.717) is 0 Å². The highest BCUT2D eigenvalue weighted by Gasteiger charge is 2.23. The molecular formula is C20H24N2O2. The number of rotatable bonds is 3. The SMILES string of the molecule is COc1ccc(C(=O)N2CCN(c3cccc(C)c3C)CC2)cc1. The van der Waals surface area contributed by atoms with Gasteiger partial charge in [0.1, 0.15) is 5.75 Å². The number of anilines is 1. The first-order valence-corrected chi connectivity index (χ1v) is 8.34. The molecule has 1 heterocycles. The lowest BCUT2D eigenvalue weighted by atomic mass is 10.1. The molecule has 2 aromatic carbocycles. The minimum absolute atomic E-state index is 0.0956. The van der Waals surface area contributed by atoms with Gasteiger partial charge in [0.15, 0.2) is 0 Å². The predicted molar refractivity (Wildman–Crippen MR) is 97.0 cm³/mol. The van der Waals surface area contributed by atoms with Crippen LogP contribution >= 0.6 is 0 Å². The normalized spacial score (nSPS) is 14.6. The molecule has 0 aliphatic carbocycles. The first-order valence-electron chi connectivity index (χ1n) is 8.34. The molecule has 3 rings (SSSR count). The first-order chi connectivity index (χ1) is 11.6. The Bertz CT molecular complexity index is 717. The van der Waals surface area contributed by atoms with Crippen molar-refractivity contribution in [3.8, 4) is 5.75 Å². The van der Waals surface area contributed by atoms with E-state index in [1.165, 1.54) is 16.8 Å². The van der Waals surface area contributed by atoms with E-state index in [9.17, 15) is 4.79 Å². The third-order valence-corrected chi connectivity index (χ3v) is 4.82. The Balaban J connectivity index is 1.66. The van der Waals surface area contributed by atoms with Gasteiger partial charge in [-0.3, -0.25) is 4.79 Å². The number of hydrogen-bond donors (Lipinski definition) is 0. The van der Waals surface area contributed by atoms with Crippen molar-refractivity contribution in [1.29, 1.82) is 0 Å². The molecule has 0 radical (unpaired) electrons. The summed E-state index contributed by atoms with van der Waals surface area (Å²) in [6.45, 7) is 7.54. The zero-order valence-electron chi connectivity index (χ0n) is 14.6. The van der Waals surface area contributed by atoms with Gasteiger partial charge in [-0.05, 0) is 55.3 Å². The number of methoxy groups -OCH3 is 1. The largest absolute Gasteiger partial charge is 0.497 e. The summed E-state index contributed by atoms with van der Waals surface area (Å²) in [7, 11) is 1.63. The minimum atomic E-state index is 0.0956. The van der Waals surface area contributed by atoms with Crippen molar-refractivity contribution < 1.29 is 9.53 Å². The number of carbonyl (C=O) groups is 1. The molecule has 1 aliphatic rings. The van der Waals surface area contributed by atoms with E-state index in [4.69, 9.17) is 4.74 Å². The van der Waals surface area contributed by atoms with Crippen molar-refractivity contribution >= 4 is 11.6 Å². The van der Waals surface area contributed by atoms with E-state index >= 15 is 0 Å². The van der Waals surface area contributed by atoms with Crippen LogP contribution in [0.1, 0.15) is 21.5 Å². The van der Waals surface area contributed by atoms with Gasteiger partial charge in [0.25, 0.3) is 5.91 Å². The Morgan fingerprint density at radius 2 is 1.62 bits per heavy atom. The molecule has 0 unspecified atom stereocenters. The van der Waals surface area contributed by atoms with Crippen LogP contribution in [-0.2, 0) is 0 Å². The molecule has 126 valence electrons. The fourth-order valence-corrected chi connectivity index (χ4v) is 3.14. The molecule has 1 amide bonds. The molecule has 0 atom stereocenters. The number of ether oxygens (including phenoxy) is 1. The van der Waals surface area contributed by atoms with Gasteiger partial charge >= 0.3 is 0 Å². The molecule has 1 aliphatic heterocycles. The molecular weight excluding hydrogens is 300 g/mol. The van der Waals surface area contributed by atoms with Crippen LogP contribution in [0.4, 0.5) is 5.69 Å². The summed E-state index contributed by atoms with van der Waals surface area (Å²) in [4.78, 5) is 16.9. The standard InChI is InChI=1S/C20H24N2O2/c1-15-5-4-6-19(16(15)2)21-11-13-22(14-12-21)20(23)17-7-9-18(24-3)10-8-17/h4-10H,11-14H2,1-3H3. The zero-order chi connectivity index (χ0) is 17.1. The first kappa shape index (κ1) is 16.4. The molecule has 0 spiro atoms.